The predicted molar refractivity (Wildman–Crippen MR) is 56.0 cm³/mol. The lowest BCUT2D eigenvalue weighted by Gasteiger charge is -1.99. The van der Waals surface area contributed by atoms with Gasteiger partial charge in [-0.3, -0.25) is 0 Å². The average Bonchev–Trinajstić information content (AvgIpc) is 2.59. The Morgan fingerprint density at radius 3 is 2.81 bits per heavy atom. The van der Waals surface area contributed by atoms with E-state index in [1.807, 2.05) is 0 Å². The first-order valence-electron chi connectivity index (χ1n) is 4.24. The van der Waals surface area contributed by atoms with Gasteiger partial charge in [0.1, 0.15) is 11.9 Å². The Morgan fingerprint density at radius 1 is 1.50 bits per heavy atom. The molecule has 0 spiro atoms. The zero-order valence-electron chi connectivity index (χ0n) is 7.87. The third-order valence-corrected chi connectivity index (χ3v) is 2.25. The normalized spacial score (nSPS) is 10.1. The van der Waals surface area contributed by atoms with Crippen molar-refractivity contribution in [1.82, 2.24) is 4.98 Å². The lowest BCUT2D eigenvalue weighted by Crippen LogP contribution is -1.86. The summed E-state index contributed by atoms with van der Waals surface area (Å²) >= 11 is 5.81. The SMILES string of the molecule is N#Cc1nc(-c2c(F)cccc2Cl)oc1N. The molecule has 0 bridgehead atoms. The highest BCUT2D eigenvalue weighted by molar-refractivity contribution is 6.33. The molecule has 0 atom stereocenters. The minimum Gasteiger partial charge on any atom is -0.419 e. The van der Waals surface area contributed by atoms with Crippen molar-refractivity contribution in [2.75, 3.05) is 5.73 Å². The highest BCUT2D eigenvalue weighted by Crippen LogP contribution is 2.31. The first kappa shape index (κ1) is 10.5. The largest absolute Gasteiger partial charge is 0.419 e. The second kappa shape index (κ2) is 3.83. The molecular formula is C10H5ClFN3O. The number of halogens is 2. The van der Waals surface area contributed by atoms with Gasteiger partial charge in [0, 0.05) is 0 Å². The van der Waals surface area contributed by atoms with E-state index in [1.54, 1.807) is 6.07 Å². The molecule has 0 unspecified atom stereocenters. The van der Waals surface area contributed by atoms with Gasteiger partial charge in [0.05, 0.1) is 10.6 Å². The number of nitrogens with zero attached hydrogens (tertiary/aromatic N) is 2. The van der Waals surface area contributed by atoms with Gasteiger partial charge >= 0.3 is 0 Å². The zero-order chi connectivity index (χ0) is 11.7. The molecule has 0 aliphatic heterocycles. The topological polar surface area (TPSA) is 75.8 Å². The summed E-state index contributed by atoms with van der Waals surface area (Å²) in [5.74, 6) is -0.841. The maximum atomic E-state index is 13.5. The molecule has 2 N–H and O–H groups in total. The fourth-order valence-electron chi connectivity index (χ4n) is 1.22. The molecule has 1 heterocycles. The van der Waals surface area contributed by atoms with Gasteiger partial charge in [-0.1, -0.05) is 17.7 Å². The van der Waals surface area contributed by atoms with Gasteiger partial charge < -0.3 is 10.2 Å². The Balaban J connectivity index is 2.64. The monoisotopic (exact) mass is 237 g/mol. The molecule has 0 saturated heterocycles. The molecule has 0 amide bonds. The number of hydrogen-bond donors (Lipinski definition) is 1. The fraction of sp³-hybridized carbons (Fsp3) is 0. The molecule has 16 heavy (non-hydrogen) atoms. The minimum atomic E-state index is -0.585. The van der Waals surface area contributed by atoms with Crippen LogP contribution in [0.5, 0.6) is 0 Å². The van der Waals surface area contributed by atoms with Gasteiger partial charge in [-0.25, -0.2) is 4.39 Å². The Kier molecular flexibility index (Phi) is 2.50. The Hall–Kier alpha value is -2.06. The number of nitrogens with two attached hydrogens (primary N) is 1. The van der Waals surface area contributed by atoms with E-state index in [1.165, 1.54) is 18.2 Å². The molecule has 2 rings (SSSR count). The van der Waals surface area contributed by atoms with Crippen molar-refractivity contribution in [1.29, 1.82) is 5.26 Å². The lowest BCUT2D eigenvalue weighted by molar-refractivity contribution is 0.577. The summed E-state index contributed by atoms with van der Waals surface area (Å²) in [5, 5.41) is 8.78. The lowest BCUT2D eigenvalue weighted by atomic mass is 10.2. The van der Waals surface area contributed by atoms with E-state index < -0.39 is 5.82 Å². The van der Waals surface area contributed by atoms with Crippen molar-refractivity contribution >= 4 is 17.5 Å². The fourth-order valence-corrected chi connectivity index (χ4v) is 1.46. The molecule has 2 aromatic rings. The van der Waals surface area contributed by atoms with Crippen LogP contribution in [0.4, 0.5) is 10.3 Å². The van der Waals surface area contributed by atoms with Crippen LogP contribution in [-0.4, -0.2) is 4.98 Å². The van der Waals surface area contributed by atoms with Gasteiger partial charge in [0.25, 0.3) is 0 Å². The number of aromatic nitrogens is 1. The zero-order valence-corrected chi connectivity index (χ0v) is 8.62. The molecule has 4 nitrogen and oxygen atoms in total. The number of nitrogen functional groups attached to an aromatic ring is 1. The molecule has 80 valence electrons. The quantitative estimate of drug-likeness (QED) is 0.827. The van der Waals surface area contributed by atoms with Crippen LogP contribution < -0.4 is 5.73 Å². The standard InChI is InChI=1S/C10H5ClFN3O/c11-5-2-1-3-6(12)8(5)10-15-7(4-13)9(14)16-10/h1-3H,14H2. The summed E-state index contributed by atoms with van der Waals surface area (Å²) in [7, 11) is 0. The summed E-state index contributed by atoms with van der Waals surface area (Å²) in [4.78, 5) is 3.74. The van der Waals surface area contributed by atoms with Gasteiger partial charge in [-0.05, 0) is 12.1 Å². The Labute approximate surface area is 95.1 Å². The average molecular weight is 238 g/mol. The van der Waals surface area contributed by atoms with Gasteiger partial charge in [0.15, 0.2) is 0 Å². The highest BCUT2D eigenvalue weighted by Gasteiger charge is 2.17. The van der Waals surface area contributed by atoms with Crippen molar-refractivity contribution in [3.63, 3.8) is 0 Å². The van der Waals surface area contributed by atoms with Crippen LogP contribution in [0.25, 0.3) is 11.5 Å². The number of rotatable bonds is 1. The second-order valence-corrected chi connectivity index (χ2v) is 3.35. The number of benzene rings is 1. The molecule has 0 fully saturated rings. The molecule has 0 aliphatic carbocycles. The molecule has 6 heteroatoms. The van der Waals surface area contributed by atoms with Crippen molar-refractivity contribution in [3.05, 3.63) is 34.7 Å². The van der Waals surface area contributed by atoms with Crippen LogP contribution >= 0.6 is 11.6 Å². The molecule has 0 aliphatic rings. The summed E-state index contributed by atoms with van der Waals surface area (Å²) in [6, 6.07) is 5.89. The highest BCUT2D eigenvalue weighted by atomic mass is 35.5. The Bertz CT molecular complexity index is 568. The predicted octanol–water partition coefficient (Wildman–Crippen LogP) is 2.59. The van der Waals surface area contributed by atoms with E-state index in [4.69, 9.17) is 27.0 Å². The van der Waals surface area contributed by atoms with Crippen LogP contribution in [0.3, 0.4) is 0 Å². The van der Waals surface area contributed by atoms with E-state index in [-0.39, 0.29) is 28.1 Å². The minimum absolute atomic E-state index is 0.00244. The smallest absolute Gasteiger partial charge is 0.234 e. The molecule has 0 radical (unpaired) electrons. The van der Waals surface area contributed by atoms with Crippen molar-refractivity contribution < 1.29 is 8.81 Å². The van der Waals surface area contributed by atoms with E-state index >= 15 is 0 Å². The van der Waals surface area contributed by atoms with Crippen LogP contribution in [0.15, 0.2) is 22.6 Å². The third kappa shape index (κ3) is 1.59. The first-order valence-corrected chi connectivity index (χ1v) is 4.62. The first-order chi connectivity index (χ1) is 7.63. The van der Waals surface area contributed by atoms with E-state index in [0.717, 1.165) is 0 Å². The van der Waals surface area contributed by atoms with E-state index in [2.05, 4.69) is 4.98 Å². The van der Waals surface area contributed by atoms with Gasteiger partial charge in [-0.15, -0.1) is 0 Å². The molecular weight excluding hydrogens is 233 g/mol. The summed E-state index contributed by atoms with van der Waals surface area (Å²) in [6.45, 7) is 0. The third-order valence-electron chi connectivity index (χ3n) is 1.94. The van der Waals surface area contributed by atoms with Crippen molar-refractivity contribution in [2.24, 2.45) is 0 Å². The maximum absolute atomic E-state index is 13.5. The number of hydrogen-bond acceptors (Lipinski definition) is 4. The molecule has 0 saturated carbocycles. The van der Waals surface area contributed by atoms with Gasteiger partial charge in [-0.2, -0.15) is 10.2 Å². The van der Waals surface area contributed by atoms with Crippen molar-refractivity contribution in [2.45, 2.75) is 0 Å². The number of oxazole rings is 1. The van der Waals surface area contributed by atoms with E-state index in [9.17, 15) is 4.39 Å². The number of nitriles is 1. The number of anilines is 1. The summed E-state index contributed by atoms with van der Waals surface area (Å²) < 4.78 is 18.4. The Morgan fingerprint density at radius 2 is 2.25 bits per heavy atom. The maximum Gasteiger partial charge on any atom is 0.234 e. The molecule has 1 aromatic carbocycles. The van der Waals surface area contributed by atoms with Crippen LogP contribution in [0.1, 0.15) is 5.69 Å². The van der Waals surface area contributed by atoms with E-state index in [0.29, 0.717) is 0 Å². The summed E-state index contributed by atoms with van der Waals surface area (Å²) in [5.41, 5.74) is 5.28. The van der Waals surface area contributed by atoms with Crippen LogP contribution in [0.2, 0.25) is 5.02 Å². The van der Waals surface area contributed by atoms with Gasteiger partial charge in [0.2, 0.25) is 17.5 Å². The second-order valence-electron chi connectivity index (χ2n) is 2.94. The van der Waals surface area contributed by atoms with Crippen molar-refractivity contribution in [3.8, 4) is 17.5 Å². The summed E-state index contributed by atoms with van der Waals surface area (Å²) in [6.07, 6.45) is 0. The molecule has 1 aromatic heterocycles. The van der Waals surface area contributed by atoms with Crippen LogP contribution in [0, 0.1) is 17.1 Å². The van der Waals surface area contributed by atoms with Crippen LogP contribution in [-0.2, 0) is 0 Å².